The van der Waals surface area contributed by atoms with Crippen LogP contribution < -0.4 is 4.74 Å². The Morgan fingerprint density at radius 1 is 1.12 bits per heavy atom. The van der Waals surface area contributed by atoms with Crippen LogP contribution in [0, 0.1) is 0 Å². The second-order valence-corrected chi connectivity index (χ2v) is 5.85. The standard InChI is InChI=1S/C19H19NO4/c1-19(17(20-22)11-12-18(21)24-19)15-7-9-16(10-8-15)23-13-14-5-3-2-4-6-14/h2-10,22H,11-13H2,1H3/b20-17+. The van der Waals surface area contributed by atoms with Crippen molar-refractivity contribution in [2.45, 2.75) is 32.0 Å². The lowest BCUT2D eigenvalue weighted by molar-refractivity contribution is -0.155. The van der Waals surface area contributed by atoms with Crippen LogP contribution in [0.5, 0.6) is 5.75 Å². The first-order chi connectivity index (χ1) is 11.6. The third-order valence-electron chi connectivity index (χ3n) is 4.21. The van der Waals surface area contributed by atoms with Gasteiger partial charge in [0.05, 0.1) is 6.42 Å². The quantitative estimate of drug-likeness (QED) is 0.529. The minimum Gasteiger partial charge on any atom is -0.489 e. The Morgan fingerprint density at radius 3 is 2.50 bits per heavy atom. The van der Waals surface area contributed by atoms with Gasteiger partial charge in [0, 0.05) is 12.0 Å². The highest BCUT2D eigenvalue weighted by molar-refractivity contribution is 5.98. The van der Waals surface area contributed by atoms with E-state index in [1.54, 1.807) is 6.92 Å². The van der Waals surface area contributed by atoms with Crippen LogP contribution in [0.3, 0.4) is 0 Å². The van der Waals surface area contributed by atoms with E-state index < -0.39 is 5.60 Å². The molecule has 0 saturated carbocycles. The number of cyclic esters (lactones) is 1. The summed E-state index contributed by atoms with van der Waals surface area (Å²) in [6.07, 6.45) is 0.616. The average Bonchev–Trinajstić information content (AvgIpc) is 2.61. The summed E-state index contributed by atoms with van der Waals surface area (Å²) in [6.45, 7) is 2.22. The van der Waals surface area contributed by atoms with Crippen molar-refractivity contribution in [3.63, 3.8) is 0 Å². The highest BCUT2D eigenvalue weighted by Gasteiger charge is 2.41. The smallest absolute Gasteiger partial charge is 0.307 e. The molecule has 1 atom stereocenters. The van der Waals surface area contributed by atoms with Gasteiger partial charge in [0.1, 0.15) is 18.1 Å². The van der Waals surface area contributed by atoms with Gasteiger partial charge in [-0.15, -0.1) is 0 Å². The molecule has 1 heterocycles. The summed E-state index contributed by atoms with van der Waals surface area (Å²) in [5.74, 6) is 0.421. The van der Waals surface area contributed by atoms with E-state index in [0.29, 0.717) is 18.7 Å². The van der Waals surface area contributed by atoms with Gasteiger partial charge in [-0.25, -0.2) is 0 Å². The van der Waals surface area contributed by atoms with E-state index in [9.17, 15) is 10.0 Å². The lowest BCUT2D eigenvalue weighted by Crippen LogP contribution is -2.42. The number of nitrogens with zero attached hydrogens (tertiary/aromatic N) is 1. The lowest BCUT2D eigenvalue weighted by Gasteiger charge is -2.34. The average molecular weight is 325 g/mol. The Balaban J connectivity index is 1.75. The maximum atomic E-state index is 11.7. The third-order valence-corrected chi connectivity index (χ3v) is 4.21. The van der Waals surface area contributed by atoms with Crippen LogP contribution in [0.25, 0.3) is 0 Å². The van der Waals surface area contributed by atoms with Crippen LogP contribution >= 0.6 is 0 Å². The summed E-state index contributed by atoms with van der Waals surface area (Å²) in [4.78, 5) is 11.7. The van der Waals surface area contributed by atoms with E-state index in [2.05, 4.69) is 5.16 Å². The van der Waals surface area contributed by atoms with Crippen LogP contribution in [0.15, 0.2) is 59.8 Å². The fourth-order valence-electron chi connectivity index (χ4n) is 2.78. The van der Waals surface area contributed by atoms with Crippen molar-refractivity contribution in [1.29, 1.82) is 0 Å². The predicted octanol–water partition coefficient (Wildman–Crippen LogP) is 3.65. The van der Waals surface area contributed by atoms with Crippen molar-refractivity contribution in [3.8, 4) is 5.75 Å². The summed E-state index contributed by atoms with van der Waals surface area (Å²) in [7, 11) is 0. The molecule has 1 N–H and O–H groups in total. The molecule has 0 aliphatic carbocycles. The number of rotatable bonds is 4. The maximum Gasteiger partial charge on any atom is 0.307 e. The molecule has 2 aromatic carbocycles. The molecule has 1 aliphatic heterocycles. The van der Waals surface area contributed by atoms with Crippen LogP contribution in [0.4, 0.5) is 0 Å². The van der Waals surface area contributed by atoms with Crippen LogP contribution in [0.1, 0.15) is 30.9 Å². The van der Waals surface area contributed by atoms with E-state index in [0.717, 1.165) is 16.9 Å². The highest BCUT2D eigenvalue weighted by Crippen LogP contribution is 2.34. The molecule has 0 spiro atoms. The second kappa shape index (κ2) is 6.74. The van der Waals surface area contributed by atoms with E-state index >= 15 is 0 Å². The largest absolute Gasteiger partial charge is 0.489 e. The number of hydrogen-bond donors (Lipinski definition) is 1. The fraction of sp³-hybridized carbons (Fsp3) is 0.263. The Bertz CT molecular complexity index is 740. The molecular formula is C19H19NO4. The number of benzene rings is 2. The molecule has 124 valence electrons. The minimum absolute atomic E-state index is 0.229. The van der Waals surface area contributed by atoms with Gasteiger partial charge in [-0.1, -0.05) is 47.6 Å². The van der Waals surface area contributed by atoms with E-state index in [1.807, 2.05) is 54.6 Å². The number of oxime groups is 1. The van der Waals surface area contributed by atoms with Gasteiger partial charge >= 0.3 is 5.97 Å². The van der Waals surface area contributed by atoms with E-state index in [4.69, 9.17) is 9.47 Å². The molecule has 1 fully saturated rings. The van der Waals surface area contributed by atoms with Crippen molar-refractivity contribution in [2.24, 2.45) is 5.16 Å². The lowest BCUT2D eigenvalue weighted by atomic mass is 9.86. The molecular weight excluding hydrogens is 306 g/mol. The summed E-state index contributed by atoms with van der Waals surface area (Å²) in [6, 6.07) is 17.2. The summed E-state index contributed by atoms with van der Waals surface area (Å²) in [5.41, 5.74) is 1.24. The first-order valence-corrected chi connectivity index (χ1v) is 7.82. The van der Waals surface area contributed by atoms with Gasteiger partial charge in [0.2, 0.25) is 0 Å². The SMILES string of the molecule is CC1(c2ccc(OCc3ccccc3)cc2)OC(=O)CC/C1=N\O. The van der Waals surface area contributed by atoms with Crippen molar-refractivity contribution >= 4 is 11.7 Å². The monoisotopic (exact) mass is 325 g/mol. The Labute approximate surface area is 140 Å². The van der Waals surface area contributed by atoms with Gasteiger partial charge in [0.25, 0.3) is 0 Å². The normalized spacial score (nSPS) is 22.2. The summed E-state index contributed by atoms with van der Waals surface area (Å²) in [5, 5.41) is 12.5. The summed E-state index contributed by atoms with van der Waals surface area (Å²) >= 11 is 0. The molecule has 3 rings (SSSR count). The molecule has 2 aromatic rings. The van der Waals surface area contributed by atoms with Crippen molar-refractivity contribution in [2.75, 3.05) is 0 Å². The first kappa shape index (κ1) is 16.1. The molecule has 1 aliphatic rings. The molecule has 0 radical (unpaired) electrons. The zero-order chi connectivity index (χ0) is 17.0. The zero-order valence-electron chi connectivity index (χ0n) is 13.4. The predicted molar refractivity (Wildman–Crippen MR) is 89.1 cm³/mol. The third kappa shape index (κ3) is 3.25. The van der Waals surface area contributed by atoms with Gasteiger partial charge in [-0.05, 0) is 24.6 Å². The number of carbonyl (C=O) groups excluding carboxylic acids is 1. The molecule has 0 bridgehead atoms. The fourth-order valence-corrected chi connectivity index (χ4v) is 2.78. The number of esters is 1. The van der Waals surface area contributed by atoms with Gasteiger partial charge in [-0.3, -0.25) is 4.79 Å². The Kier molecular flexibility index (Phi) is 4.51. The van der Waals surface area contributed by atoms with Gasteiger partial charge < -0.3 is 14.7 Å². The summed E-state index contributed by atoms with van der Waals surface area (Å²) < 4.78 is 11.2. The second-order valence-electron chi connectivity index (χ2n) is 5.85. The minimum atomic E-state index is -1.04. The maximum absolute atomic E-state index is 11.7. The molecule has 1 saturated heterocycles. The highest BCUT2D eigenvalue weighted by atomic mass is 16.6. The van der Waals surface area contributed by atoms with Crippen molar-refractivity contribution in [1.82, 2.24) is 0 Å². The van der Waals surface area contributed by atoms with Gasteiger partial charge in [0.15, 0.2) is 5.60 Å². The van der Waals surface area contributed by atoms with Gasteiger partial charge in [-0.2, -0.15) is 0 Å². The van der Waals surface area contributed by atoms with Crippen molar-refractivity contribution in [3.05, 3.63) is 65.7 Å². The van der Waals surface area contributed by atoms with Crippen molar-refractivity contribution < 1.29 is 19.5 Å². The van der Waals surface area contributed by atoms with Crippen LogP contribution in [0.2, 0.25) is 0 Å². The molecule has 1 unspecified atom stereocenters. The molecule has 24 heavy (non-hydrogen) atoms. The van der Waals surface area contributed by atoms with Crippen LogP contribution in [-0.4, -0.2) is 16.9 Å². The molecule has 0 aromatic heterocycles. The molecule has 5 heteroatoms. The number of carbonyl (C=O) groups is 1. The topological polar surface area (TPSA) is 68.1 Å². The number of ether oxygens (including phenoxy) is 2. The Hall–Kier alpha value is -2.82. The zero-order valence-corrected chi connectivity index (χ0v) is 13.4. The Morgan fingerprint density at radius 2 is 1.83 bits per heavy atom. The van der Waals surface area contributed by atoms with E-state index in [-0.39, 0.29) is 12.4 Å². The molecule has 5 nitrogen and oxygen atoms in total. The molecule has 0 amide bonds. The van der Waals surface area contributed by atoms with Crippen LogP contribution in [-0.2, 0) is 21.7 Å². The van der Waals surface area contributed by atoms with E-state index in [1.165, 1.54) is 0 Å². The number of hydrogen-bond acceptors (Lipinski definition) is 5. The first-order valence-electron chi connectivity index (χ1n) is 7.82.